The van der Waals surface area contributed by atoms with Crippen LogP contribution in [-0.4, -0.2) is 72.6 Å². The zero-order chi connectivity index (χ0) is 25.6. The number of benzene rings is 1. The van der Waals surface area contributed by atoms with Gasteiger partial charge in [0.1, 0.15) is 30.0 Å². The van der Waals surface area contributed by atoms with Crippen molar-refractivity contribution >= 4 is 10.9 Å². The molecule has 2 aliphatic heterocycles. The summed E-state index contributed by atoms with van der Waals surface area (Å²) >= 11 is 0. The van der Waals surface area contributed by atoms with Crippen LogP contribution in [0.15, 0.2) is 48.0 Å². The number of aromatic amines is 1. The lowest BCUT2D eigenvalue weighted by Crippen LogP contribution is -2.48. The van der Waals surface area contributed by atoms with Crippen LogP contribution < -0.4 is 0 Å². The van der Waals surface area contributed by atoms with Crippen molar-refractivity contribution in [3.8, 4) is 0 Å². The Labute approximate surface area is 210 Å². The van der Waals surface area contributed by atoms with Crippen molar-refractivity contribution in [3.63, 3.8) is 0 Å². The number of H-pyrrole nitrogens is 1. The molecule has 0 spiro atoms. The van der Waals surface area contributed by atoms with Crippen molar-refractivity contribution in [2.45, 2.75) is 44.6 Å². The second kappa shape index (κ2) is 9.86. The van der Waals surface area contributed by atoms with Crippen LogP contribution in [0, 0.1) is 11.8 Å². The average molecular weight is 506 g/mol. The third kappa shape index (κ3) is 4.94. The monoisotopic (exact) mass is 505 g/mol. The van der Waals surface area contributed by atoms with Gasteiger partial charge < -0.3 is 9.72 Å². The zero-order valence-corrected chi connectivity index (χ0v) is 21.1. The van der Waals surface area contributed by atoms with Crippen LogP contribution >= 0.6 is 0 Å². The van der Waals surface area contributed by atoms with Crippen LogP contribution in [0.4, 0.5) is 17.6 Å². The molecule has 1 N–H and O–H groups in total. The molecule has 196 valence electrons. The summed E-state index contributed by atoms with van der Waals surface area (Å²) in [7, 11) is 0. The van der Waals surface area contributed by atoms with Gasteiger partial charge in [0.2, 0.25) is 0 Å². The lowest BCUT2D eigenvalue weighted by atomic mass is 9.79. The highest BCUT2D eigenvalue weighted by atomic mass is 19.2. The van der Waals surface area contributed by atoms with Gasteiger partial charge in [0.05, 0.1) is 18.6 Å². The summed E-state index contributed by atoms with van der Waals surface area (Å²) < 4.78 is 64.5. The van der Waals surface area contributed by atoms with Crippen LogP contribution in [0.25, 0.3) is 10.9 Å². The van der Waals surface area contributed by atoms with E-state index in [0.29, 0.717) is 26.2 Å². The molecule has 1 saturated heterocycles. The van der Waals surface area contributed by atoms with E-state index in [1.54, 1.807) is 0 Å². The number of allylic oxidation sites excluding steroid dienone is 2. The largest absolute Gasteiger partial charge is 0.492 e. The Morgan fingerprint density at radius 2 is 1.92 bits per heavy atom. The smallest absolute Gasteiger partial charge is 0.133 e. The van der Waals surface area contributed by atoms with Gasteiger partial charge in [-0.2, -0.15) is 0 Å². The Morgan fingerprint density at radius 3 is 2.61 bits per heavy atom. The van der Waals surface area contributed by atoms with Crippen molar-refractivity contribution in [1.82, 2.24) is 14.8 Å². The third-order valence-corrected chi connectivity index (χ3v) is 7.58. The lowest BCUT2D eigenvalue weighted by molar-refractivity contribution is 0.0361. The Bertz CT molecular complexity index is 1150. The highest BCUT2D eigenvalue weighted by Crippen LogP contribution is 2.48. The second-order valence-electron chi connectivity index (χ2n) is 11.2. The summed E-state index contributed by atoms with van der Waals surface area (Å²) in [6.07, 6.45) is 0.959. The number of ether oxygens (including phenoxy) is 1. The number of nitrogens with one attached hydrogen (secondary N) is 1. The van der Waals surface area contributed by atoms with Gasteiger partial charge in [-0.05, 0) is 37.5 Å². The molecule has 2 aromatic rings. The van der Waals surface area contributed by atoms with Gasteiger partial charge in [0, 0.05) is 61.3 Å². The molecule has 0 radical (unpaired) electrons. The Balaban J connectivity index is 1.40. The summed E-state index contributed by atoms with van der Waals surface area (Å²) in [5, 5.41) is 1.04. The Morgan fingerprint density at radius 1 is 1.17 bits per heavy atom. The normalized spacial score (nSPS) is 28.0. The molecule has 1 aliphatic carbocycles. The predicted octanol–water partition coefficient (Wildman–Crippen LogP) is 6.00. The Kier molecular flexibility index (Phi) is 6.94. The minimum absolute atomic E-state index is 0.0656. The maximum absolute atomic E-state index is 15.7. The zero-order valence-electron chi connectivity index (χ0n) is 21.1. The summed E-state index contributed by atoms with van der Waals surface area (Å²) in [6, 6.07) is 7.18. The fourth-order valence-corrected chi connectivity index (χ4v) is 6.10. The van der Waals surface area contributed by atoms with Gasteiger partial charge >= 0.3 is 0 Å². The first-order valence-corrected chi connectivity index (χ1v) is 12.8. The molecule has 1 aromatic heterocycles. The first-order chi connectivity index (χ1) is 17.1. The van der Waals surface area contributed by atoms with E-state index in [1.807, 2.05) is 29.2 Å². The summed E-state index contributed by atoms with van der Waals surface area (Å²) in [5.74, 6) is -1.39. The third-order valence-electron chi connectivity index (χ3n) is 7.58. The number of likely N-dealkylation sites (tertiary alicyclic amines) is 1. The molecule has 4 atom stereocenters. The van der Waals surface area contributed by atoms with Gasteiger partial charge in [-0.1, -0.05) is 25.1 Å². The summed E-state index contributed by atoms with van der Waals surface area (Å²) in [6.45, 7) is 7.55. The molecule has 0 saturated carbocycles. The number of fused-ring (bicyclic) bond motifs is 3. The molecular weight excluding hydrogens is 470 g/mol. The van der Waals surface area contributed by atoms with Crippen LogP contribution in [0.1, 0.15) is 44.0 Å². The topological polar surface area (TPSA) is 31.5 Å². The van der Waals surface area contributed by atoms with E-state index in [0.717, 1.165) is 22.2 Å². The highest BCUT2D eigenvalue weighted by Gasteiger charge is 2.46. The number of hydrogen-bond donors (Lipinski definition) is 1. The molecule has 0 amide bonds. The van der Waals surface area contributed by atoms with Gasteiger partial charge in [-0.15, -0.1) is 0 Å². The van der Waals surface area contributed by atoms with Crippen molar-refractivity contribution in [1.29, 1.82) is 0 Å². The van der Waals surface area contributed by atoms with E-state index >= 15 is 8.78 Å². The van der Waals surface area contributed by atoms with Crippen molar-refractivity contribution in [2.75, 3.05) is 46.0 Å². The lowest BCUT2D eigenvalue weighted by Gasteiger charge is -2.44. The van der Waals surface area contributed by atoms with Crippen molar-refractivity contribution in [3.05, 3.63) is 59.3 Å². The molecule has 8 heteroatoms. The minimum atomic E-state index is -1.63. The fraction of sp³-hybridized carbons (Fsp3) is 0.571. The predicted molar refractivity (Wildman–Crippen MR) is 134 cm³/mol. The minimum Gasteiger partial charge on any atom is -0.492 e. The van der Waals surface area contributed by atoms with Gasteiger partial charge in [0.25, 0.3) is 0 Å². The molecule has 1 aromatic carbocycles. The van der Waals surface area contributed by atoms with E-state index in [1.165, 1.54) is 26.0 Å². The number of alkyl halides is 3. The molecule has 0 bridgehead atoms. The van der Waals surface area contributed by atoms with Gasteiger partial charge in [0.15, 0.2) is 0 Å². The van der Waals surface area contributed by atoms with E-state index in [-0.39, 0.29) is 37.4 Å². The molecule has 36 heavy (non-hydrogen) atoms. The van der Waals surface area contributed by atoms with E-state index in [9.17, 15) is 8.78 Å². The number of para-hydroxylation sites is 1. The van der Waals surface area contributed by atoms with Crippen molar-refractivity contribution in [2.24, 2.45) is 11.8 Å². The molecule has 4 unspecified atom stereocenters. The number of rotatable bonds is 8. The second-order valence-corrected chi connectivity index (χ2v) is 11.2. The van der Waals surface area contributed by atoms with Crippen LogP contribution in [-0.2, 0) is 4.74 Å². The Hall–Kier alpha value is -2.32. The number of nitrogens with zero attached hydrogens (tertiary/aromatic N) is 2. The van der Waals surface area contributed by atoms with E-state index in [2.05, 4.69) is 16.8 Å². The van der Waals surface area contributed by atoms with E-state index in [4.69, 9.17) is 4.74 Å². The highest BCUT2D eigenvalue weighted by molar-refractivity contribution is 5.85. The maximum atomic E-state index is 15.7. The SMILES string of the molecule is CC1CN(CC(C)(C)F)C(C2C(F)=CC(OCCN3CC(CF)C3)=CC2F)c2[nH]c3ccccc3c21. The standard InChI is InChI=1S/C28H35F4N3O/c1-17-13-35(16-28(2,3)32)27(26-24(17)20-6-4-5-7-23(20)33-26)25-21(30)10-19(11-22(25)31)36-9-8-34-14-18(12-29)15-34/h4-7,10-11,17-18,21,25,27,33H,8-9,12-16H2,1-3H3. The molecule has 3 aliphatic rings. The molecule has 3 heterocycles. The summed E-state index contributed by atoms with van der Waals surface area (Å²) in [4.78, 5) is 7.36. The molecular formula is C28H35F4N3O. The van der Waals surface area contributed by atoms with Crippen LogP contribution in [0.3, 0.4) is 0 Å². The maximum Gasteiger partial charge on any atom is 0.133 e. The number of halogens is 4. The average Bonchev–Trinajstić information content (AvgIpc) is 3.15. The van der Waals surface area contributed by atoms with E-state index < -0.39 is 29.6 Å². The number of aromatic nitrogens is 1. The van der Waals surface area contributed by atoms with Crippen molar-refractivity contribution < 1.29 is 22.3 Å². The fourth-order valence-electron chi connectivity index (χ4n) is 6.10. The molecule has 1 fully saturated rings. The quantitative estimate of drug-likeness (QED) is 0.447. The van der Waals surface area contributed by atoms with Crippen LogP contribution in [0.2, 0.25) is 0 Å². The van der Waals surface area contributed by atoms with Gasteiger partial charge in [-0.3, -0.25) is 14.2 Å². The molecule has 4 nitrogen and oxygen atoms in total. The summed E-state index contributed by atoms with van der Waals surface area (Å²) in [5.41, 5.74) is 1.20. The first kappa shape index (κ1) is 25.3. The number of hydrogen-bond acceptors (Lipinski definition) is 3. The van der Waals surface area contributed by atoms with Gasteiger partial charge in [-0.25, -0.2) is 13.2 Å². The molecule has 5 rings (SSSR count). The van der Waals surface area contributed by atoms with Crippen LogP contribution in [0.5, 0.6) is 0 Å². The first-order valence-electron chi connectivity index (χ1n) is 12.8.